The molecule has 0 bridgehead atoms. The third kappa shape index (κ3) is 2.54. The first-order valence-electron chi connectivity index (χ1n) is 3.80. The molecule has 14 heavy (non-hydrogen) atoms. The normalized spacial score (nSPS) is 9.43. The third-order valence-corrected chi connectivity index (χ3v) is 1.97. The van der Waals surface area contributed by atoms with Crippen LogP contribution in [0.15, 0.2) is 16.7 Å². The zero-order chi connectivity index (χ0) is 10.6. The molecule has 1 radical (unpaired) electrons. The summed E-state index contributed by atoms with van der Waals surface area (Å²) in [6.45, 7) is 0. The van der Waals surface area contributed by atoms with E-state index >= 15 is 0 Å². The molecule has 0 spiro atoms. The molecule has 0 saturated heterocycles. The molecule has 0 aliphatic heterocycles. The van der Waals surface area contributed by atoms with Gasteiger partial charge in [0.1, 0.15) is 0 Å². The minimum atomic E-state index is -0.553. The first-order valence-corrected chi connectivity index (χ1v) is 4.60. The molecular weight excluding hydrogens is 246 g/mol. The number of aromatic nitrogens is 1. The van der Waals surface area contributed by atoms with Gasteiger partial charge >= 0.3 is 0 Å². The lowest BCUT2D eigenvalue weighted by atomic mass is 10.1. The molecule has 2 N–H and O–H groups in total. The fraction of sp³-hybridized carbons (Fsp3) is 0.111. The number of carbonyl (C=O) groups is 1. The number of nitriles is 1. The van der Waals surface area contributed by atoms with Crippen LogP contribution in [0.25, 0.3) is 0 Å². The highest BCUT2D eigenvalue weighted by molar-refractivity contribution is 9.10. The Bertz CT molecular complexity index is 398. The number of hydrogen-bond acceptors (Lipinski definition) is 3. The number of hydrogen-bond donors (Lipinski definition) is 1. The Balaban J connectivity index is 3.03. The molecule has 1 amide bonds. The molecule has 1 aromatic rings. The maximum Gasteiger partial charge on any atom is 0.250 e. The SMILES string of the molecule is N#CC[CH]c1ncc(Br)cc1C(N)=O. The van der Waals surface area contributed by atoms with Gasteiger partial charge < -0.3 is 5.73 Å². The smallest absolute Gasteiger partial charge is 0.250 e. The van der Waals surface area contributed by atoms with Gasteiger partial charge in [-0.15, -0.1) is 0 Å². The van der Waals surface area contributed by atoms with Crippen LogP contribution < -0.4 is 5.73 Å². The van der Waals surface area contributed by atoms with Gasteiger partial charge in [-0.2, -0.15) is 5.26 Å². The van der Waals surface area contributed by atoms with Crippen molar-refractivity contribution in [3.05, 3.63) is 34.4 Å². The van der Waals surface area contributed by atoms with E-state index in [0.717, 1.165) is 0 Å². The lowest BCUT2D eigenvalue weighted by Gasteiger charge is -2.03. The predicted molar refractivity (Wildman–Crippen MR) is 54.1 cm³/mol. The van der Waals surface area contributed by atoms with E-state index in [1.807, 2.05) is 6.07 Å². The van der Waals surface area contributed by atoms with Gasteiger partial charge in [-0.3, -0.25) is 9.78 Å². The van der Waals surface area contributed by atoms with Crippen molar-refractivity contribution in [1.82, 2.24) is 4.98 Å². The van der Waals surface area contributed by atoms with E-state index in [1.165, 1.54) is 0 Å². The van der Waals surface area contributed by atoms with Crippen LogP contribution in [0, 0.1) is 17.8 Å². The van der Waals surface area contributed by atoms with E-state index in [0.29, 0.717) is 15.7 Å². The molecule has 1 rings (SSSR count). The Hall–Kier alpha value is -1.41. The second kappa shape index (κ2) is 4.72. The van der Waals surface area contributed by atoms with Crippen LogP contribution in [0.3, 0.4) is 0 Å². The molecule has 0 unspecified atom stereocenters. The average Bonchev–Trinajstić information content (AvgIpc) is 2.15. The Labute approximate surface area is 89.9 Å². The van der Waals surface area contributed by atoms with Crippen molar-refractivity contribution in [2.75, 3.05) is 0 Å². The summed E-state index contributed by atoms with van der Waals surface area (Å²) in [6, 6.07) is 3.52. The number of primary amides is 1. The van der Waals surface area contributed by atoms with E-state index in [1.54, 1.807) is 18.7 Å². The van der Waals surface area contributed by atoms with Gasteiger partial charge in [0.25, 0.3) is 5.91 Å². The van der Waals surface area contributed by atoms with Gasteiger partial charge in [0.2, 0.25) is 0 Å². The minimum Gasteiger partial charge on any atom is -0.366 e. The van der Waals surface area contributed by atoms with E-state index in [4.69, 9.17) is 11.0 Å². The second-order valence-electron chi connectivity index (χ2n) is 2.52. The lowest BCUT2D eigenvalue weighted by Crippen LogP contribution is -2.14. The number of halogens is 1. The van der Waals surface area contributed by atoms with Gasteiger partial charge in [0.05, 0.1) is 17.3 Å². The number of carbonyl (C=O) groups excluding carboxylic acids is 1. The van der Waals surface area contributed by atoms with Crippen molar-refractivity contribution in [3.8, 4) is 6.07 Å². The van der Waals surface area contributed by atoms with Gasteiger partial charge in [0, 0.05) is 23.5 Å². The minimum absolute atomic E-state index is 0.203. The molecule has 0 atom stereocenters. The highest BCUT2D eigenvalue weighted by atomic mass is 79.9. The predicted octanol–water partition coefficient (Wildman–Crippen LogP) is 1.41. The summed E-state index contributed by atoms with van der Waals surface area (Å²) in [7, 11) is 0. The van der Waals surface area contributed by atoms with Crippen molar-refractivity contribution in [1.29, 1.82) is 5.26 Å². The molecular formula is C9H7BrN3O. The molecule has 1 aromatic heterocycles. The van der Waals surface area contributed by atoms with E-state index in [2.05, 4.69) is 20.9 Å². The Kier molecular flexibility index (Phi) is 3.60. The largest absolute Gasteiger partial charge is 0.366 e. The molecule has 1 heterocycles. The summed E-state index contributed by atoms with van der Waals surface area (Å²) >= 11 is 3.18. The topological polar surface area (TPSA) is 79.8 Å². The summed E-state index contributed by atoms with van der Waals surface area (Å²) in [5, 5.41) is 8.38. The quantitative estimate of drug-likeness (QED) is 0.884. The van der Waals surface area contributed by atoms with Gasteiger partial charge in [-0.05, 0) is 22.0 Å². The highest BCUT2D eigenvalue weighted by Crippen LogP contribution is 2.15. The first-order chi connectivity index (χ1) is 6.65. The number of amides is 1. The number of nitrogens with two attached hydrogens (primary N) is 1. The van der Waals surface area contributed by atoms with Crippen molar-refractivity contribution >= 4 is 21.8 Å². The third-order valence-electron chi connectivity index (χ3n) is 1.54. The number of nitrogens with zero attached hydrogens (tertiary/aromatic N) is 2. The maximum atomic E-state index is 11.0. The van der Waals surface area contributed by atoms with Crippen molar-refractivity contribution in [2.45, 2.75) is 6.42 Å². The average molecular weight is 253 g/mol. The summed E-state index contributed by atoms with van der Waals surface area (Å²) in [4.78, 5) is 15.0. The van der Waals surface area contributed by atoms with Crippen LogP contribution in [0.2, 0.25) is 0 Å². The van der Waals surface area contributed by atoms with E-state index < -0.39 is 5.91 Å². The first kappa shape index (κ1) is 10.7. The fourth-order valence-electron chi connectivity index (χ4n) is 0.952. The summed E-state index contributed by atoms with van der Waals surface area (Å²) < 4.78 is 0.681. The van der Waals surface area contributed by atoms with Gasteiger partial charge in [0.15, 0.2) is 0 Å². The van der Waals surface area contributed by atoms with Gasteiger partial charge in [-0.1, -0.05) is 0 Å². The molecule has 71 valence electrons. The van der Waals surface area contributed by atoms with Crippen LogP contribution in [-0.4, -0.2) is 10.9 Å². The Morgan fingerprint density at radius 2 is 2.50 bits per heavy atom. The van der Waals surface area contributed by atoms with Crippen molar-refractivity contribution in [2.24, 2.45) is 5.73 Å². The summed E-state index contributed by atoms with van der Waals surface area (Å²) in [6.07, 6.45) is 3.32. The highest BCUT2D eigenvalue weighted by Gasteiger charge is 2.09. The summed E-state index contributed by atoms with van der Waals surface area (Å²) in [5.41, 5.74) is 5.91. The number of rotatable bonds is 3. The van der Waals surface area contributed by atoms with E-state index in [-0.39, 0.29) is 6.42 Å². The standard InChI is InChI=1S/C9H7BrN3O/c10-6-4-7(9(12)14)8(13-5-6)2-1-3-11/h2,4-5H,1H2,(H2,12,14). The molecule has 0 saturated carbocycles. The number of pyridine rings is 1. The van der Waals surface area contributed by atoms with Crippen LogP contribution in [0.4, 0.5) is 0 Å². The molecule has 0 fully saturated rings. The van der Waals surface area contributed by atoms with Crippen LogP contribution in [0.1, 0.15) is 22.5 Å². The molecule has 0 aliphatic carbocycles. The molecule has 5 heteroatoms. The Morgan fingerprint density at radius 1 is 1.79 bits per heavy atom. The zero-order valence-electron chi connectivity index (χ0n) is 7.20. The monoisotopic (exact) mass is 252 g/mol. The summed E-state index contributed by atoms with van der Waals surface area (Å²) in [5.74, 6) is -0.553. The molecule has 0 aliphatic rings. The van der Waals surface area contributed by atoms with Crippen LogP contribution in [-0.2, 0) is 0 Å². The van der Waals surface area contributed by atoms with Crippen LogP contribution >= 0.6 is 15.9 Å². The second-order valence-corrected chi connectivity index (χ2v) is 3.43. The van der Waals surface area contributed by atoms with Gasteiger partial charge in [-0.25, -0.2) is 0 Å². The van der Waals surface area contributed by atoms with E-state index in [9.17, 15) is 4.79 Å². The molecule has 4 nitrogen and oxygen atoms in total. The zero-order valence-corrected chi connectivity index (χ0v) is 8.78. The van der Waals surface area contributed by atoms with Crippen molar-refractivity contribution < 1.29 is 4.79 Å². The molecule has 0 aromatic carbocycles. The lowest BCUT2D eigenvalue weighted by molar-refractivity contribution is 0.0999. The van der Waals surface area contributed by atoms with Crippen molar-refractivity contribution in [3.63, 3.8) is 0 Å². The van der Waals surface area contributed by atoms with Crippen LogP contribution in [0.5, 0.6) is 0 Å². The maximum absolute atomic E-state index is 11.0. The fourth-order valence-corrected chi connectivity index (χ4v) is 1.28. The Morgan fingerprint density at radius 3 is 3.07 bits per heavy atom.